The molecular formula is C18H26N2O4. The zero-order chi connectivity index (χ0) is 18.5. The fourth-order valence-corrected chi connectivity index (χ4v) is 2.61. The molecule has 0 aromatic heterocycles. The third kappa shape index (κ3) is 4.34. The number of amides is 2. The summed E-state index contributed by atoms with van der Waals surface area (Å²) in [5, 5.41) is 12.1. The molecule has 0 spiro atoms. The van der Waals surface area contributed by atoms with Crippen molar-refractivity contribution >= 4 is 23.5 Å². The zero-order valence-electron chi connectivity index (χ0n) is 15.0. The van der Waals surface area contributed by atoms with Gasteiger partial charge in [-0.1, -0.05) is 13.8 Å². The van der Waals surface area contributed by atoms with Crippen LogP contribution in [0.1, 0.15) is 49.0 Å². The van der Waals surface area contributed by atoms with Crippen LogP contribution in [0.3, 0.4) is 0 Å². The summed E-state index contributed by atoms with van der Waals surface area (Å²) in [5.41, 5.74) is 0.834. The topological polar surface area (TPSA) is 86.7 Å². The normalized spacial score (nSPS) is 11.0. The van der Waals surface area contributed by atoms with Crippen molar-refractivity contribution in [2.75, 3.05) is 19.4 Å². The monoisotopic (exact) mass is 334 g/mol. The Morgan fingerprint density at radius 3 is 2.17 bits per heavy atom. The van der Waals surface area contributed by atoms with Crippen molar-refractivity contribution in [2.24, 2.45) is 5.41 Å². The highest BCUT2D eigenvalue weighted by atomic mass is 16.4. The van der Waals surface area contributed by atoms with Gasteiger partial charge in [0.05, 0.1) is 5.41 Å². The van der Waals surface area contributed by atoms with Gasteiger partial charge in [0.25, 0.3) is 5.91 Å². The van der Waals surface area contributed by atoms with E-state index in [-0.39, 0.29) is 18.2 Å². The second-order valence-electron chi connectivity index (χ2n) is 6.25. The van der Waals surface area contributed by atoms with E-state index in [0.29, 0.717) is 24.1 Å². The lowest BCUT2D eigenvalue weighted by atomic mass is 9.79. The summed E-state index contributed by atoms with van der Waals surface area (Å²) in [4.78, 5) is 37.2. The van der Waals surface area contributed by atoms with Crippen LogP contribution in [0.25, 0.3) is 0 Å². The summed E-state index contributed by atoms with van der Waals surface area (Å²) in [5.74, 6) is -1.40. The van der Waals surface area contributed by atoms with E-state index >= 15 is 0 Å². The van der Waals surface area contributed by atoms with Crippen LogP contribution >= 0.6 is 0 Å². The van der Waals surface area contributed by atoms with Crippen LogP contribution in [0.2, 0.25) is 0 Å². The van der Waals surface area contributed by atoms with Crippen LogP contribution in [0.4, 0.5) is 5.69 Å². The third-order valence-corrected chi connectivity index (χ3v) is 4.45. The fourth-order valence-electron chi connectivity index (χ4n) is 2.61. The number of carboxylic acid groups (broad SMARTS) is 1. The molecule has 0 saturated carbocycles. The van der Waals surface area contributed by atoms with E-state index < -0.39 is 11.4 Å². The molecule has 0 saturated heterocycles. The quantitative estimate of drug-likeness (QED) is 0.802. The molecule has 0 bridgehead atoms. The van der Waals surface area contributed by atoms with Crippen molar-refractivity contribution in [3.8, 4) is 0 Å². The molecule has 0 aliphatic carbocycles. The van der Waals surface area contributed by atoms with Gasteiger partial charge in [0.15, 0.2) is 0 Å². The molecule has 2 amide bonds. The summed E-state index contributed by atoms with van der Waals surface area (Å²) in [6.07, 6.45) is 0.704. The van der Waals surface area contributed by atoms with E-state index in [1.165, 1.54) is 4.90 Å². The highest BCUT2D eigenvalue weighted by Gasteiger charge is 2.37. The summed E-state index contributed by atoms with van der Waals surface area (Å²) in [7, 11) is 3.36. The van der Waals surface area contributed by atoms with Gasteiger partial charge in [0, 0.05) is 31.8 Å². The Morgan fingerprint density at radius 1 is 1.17 bits per heavy atom. The first-order chi connectivity index (χ1) is 11.2. The lowest BCUT2D eigenvalue weighted by Gasteiger charge is -2.25. The Labute approximate surface area is 142 Å². The number of hydrogen-bond donors (Lipinski definition) is 2. The molecule has 0 aliphatic heterocycles. The second kappa shape index (κ2) is 7.95. The predicted octanol–water partition coefficient (Wildman–Crippen LogP) is 2.92. The number of hydrogen-bond acceptors (Lipinski definition) is 3. The first-order valence-corrected chi connectivity index (χ1v) is 8.02. The predicted molar refractivity (Wildman–Crippen MR) is 93.1 cm³/mol. The minimum atomic E-state index is -1.04. The maximum Gasteiger partial charge on any atom is 0.310 e. The Kier molecular flexibility index (Phi) is 6.51. The summed E-state index contributed by atoms with van der Waals surface area (Å²) in [6.45, 7) is 5.35. The van der Waals surface area contributed by atoms with E-state index in [9.17, 15) is 19.5 Å². The fraction of sp³-hybridized carbons (Fsp3) is 0.500. The largest absolute Gasteiger partial charge is 0.481 e. The Bertz CT molecular complexity index is 634. The van der Waals surface area contributed by atoms with E-state index in [4.69, 9.17) is 0 Å². The number of carboxylic acids is 1. The number of nitrogens with zero attached hydrogens (tertiary/aromatic N) is 1. The van der Waals surface area contributed by atoms with Crippen LogP contribution in [0, 0.1) is 12.3 Å². The van der Waals surface area contributed by atoms with Crippen LogP contribution in [0.5, 0.6) is 0 Å². The molecule has 0 heterocycles. The molecule has 0 fully saturated rings. The minimum absolute atomic E-state index is 0.0766. The lowest BCUT2D eigenvalue weighted by molar-refractivity contribution is -0.151. The van der Waals surface area contributed by atoms with E-state index in [1.54, 1.807) is 53.1 Å². The minimum Gasteiger partial charge on any atom is -0.481 e. The number of benzene rings is 1. The van der Waals surface area contributed by atoms with Gasteiger partial charge in [-0.05, 0) is 43.5 Å². The Balaban J connectivity index is 2.90. The Morgan fingerprint density at radius 2 is 1.75 bits per heavy atom. The average Bonchev–Trinajstić information content (AvgIpc) is 2.51. The van der Waals surface area contributed by atoms with Crippen LogP contribution < -0.4 is 5.32 Å². The van der Waals surface area contributed by atoms with Crippen molar-refractivity contribution < 1.29 is 19.5 Å². The average molecular weight is 334 g/mol. The van der Waals surface area contributed by atoms with Gasteiger partial charge < -0.3 is 15.3 Å². The van der Waals surface area contributed by atoms with Crippen molar-refractivity contribution in [2.45, 2.75) is 40.0 Å². The first-order valence-electron chi connectivity index (χ1n) is 8.02. The van der Waals surface area contributed by atoms with Crippen molar-refractivity contribution in [3.63, 3.8) is 0 Å². The van der Waals surface area contributed by atoms with Crippen molar-refractivity contribution in [1.29, 1.82) is 0 Å². The van der Waals surface area contributed by atoms with Gasteiger partial charge in [-0.25, -0.2) is 0 Å². The smallest absolute Gasteiger partial charge is 0.310 e. The first kappa shape index (κ1) is 19.7. The number of aliphatic carboxylic acids is 1. The Hall–Kier alpha value is -2.37. The van der Waals surface area contributed by atoms with Gasteiger partial charge in [-0.2, -0.15) is 0 Å². The molecule has 2 N–H and O–H groups in total. The molecule has 0 atom stereocenters. The molecule has 1 rings (SSSR count). The van der Waals surface area contributed by atoms with Gasteiger partial charge in [-0.3, -0.25) is 14.4 Å². The van der Waals surface area contributed by atoms with Crippen LogP contribution in [0.15, 0.2) is 18.2 Å². The van der Waals surface area contributed by atoms with E-state index in [1.807, 2.05) is 0 Å². The standard InChI is InChI=1S/C18H26N2O4/c1-6-18(7-2,17(23)24)11-15(21)19-13-8-9-14(12(3)10-13)16(22)20(4)5/h8-10H,6-7,11H2,1-5H3,(H,19,21)(H,23,24). The molecule has 0 aliphatic rings. The van der Waals surface area contributed by atoms with Crippen molar-refractivity contribution in [3.05, 3.63) is 29.3 Å². The van der Waals surface area contributed by atoms with Gasteiger partial charge in [0.1, 0.15) is 0 Å². The highest BCUT2D eigenvalue weighted by Crippen LogP contribution is 2.31. The molecule has 1 aromatic rings. The molecule has 1 aromatic carbocycles. The third-order valence-electron chi connectivity index (χ3n) is 4.45. The molecule has 132 valence electrons. The number of anilines is 1. The van der Waals surface area contributed by atoms with E-state index in [0.717, 1.165) is 5.56 Å². The summed E-state index contributed by atoms with van der Waals surface area (Å²) >= 11 is 0. The maximum atomic E-state index is 12.2. The second-order valence-corrected chi connectivity index (χ2v) is 6.25. The zero-order valence-corrected chi connectivity index (χ0v) is 15.0. The number of nitrogens with one attached hydrogen (secondary N) is 1. The SMILES string of the molecule is CCC(CC)(CC(=O)Nc1ccc(C(=O)N(C)C)c(C)c1)C(=O)O. The number of aryl methyl sites for hydroxylation is 1. The summed E-state index contributed by atoms with van der Waals surface area (Å²) in [6, 6.07) is 5.04. The van der Waals surface area contributed by atoms with Gasteiger partial charge >= 0.3 is 5.97 Å². The molecule has 0 radical (unpaired) electrons. The van der Waals surface area contributed by atoms with Crippen LogP contribution in [-0.4, -0.2) is 41.9 Å². The molecular weight excluding hydrogens is 308 g/mol. The molecule has 24 heavy (non-hydrogen) atoms. The maximum absolute atomic E-state index is 12.2. The number of rotatable bonds is 7. The number of carbonyl (C=O) groups excluding carboxylic acids is 2. The summed E-state index contributed by atoms with van der Waals surface area (Å²) < 4.78 is 0. The van der Waals surface area contributed by atoms with Crippen molar-refractivity contribution in [1.82, 2.24) is 4.90 Å². The lowest BCUT2D eigenvalue weighted by Crippen LogP contribution is -2.34. The molecule has 0 unspecified atom stereocenters. The van der Waals surface area contributed by atoms with Crippen LogP contribution in [-0.2, 0) is 9.59 Å². The molecule has 6 nitrogen and oxygen atoms in total. The van der Waals surface area contributed by atoms with Gasteiger partial charge in [-0.15, -0.1) is 0 Å². The van der Waals surface area contributed by atoms with Gasteiger partial charge in [0.2, 0.25) is 5.91 Å². The highest BCUT2D eigenvalue weighted by molar-refractivity contribution is 5.97. The van der Waals surface area contributed by atoms with E-state index in [2.05, 4.69) is 5.32 Å². The number of carbonyl (C=O) groups is 3. The molecule has 6 heteroatoms.